The minimum absolute atomic E-state index is 0.0776. The molecule has 0 aromatic heterocycles. The normalized spacial score (nSPS) is 15.2. The molecule has 0 atom stereocenters. The highest BCUT2D eigenvalue weighted by atomic mass is 19.4. The van der Waals surface area contributed by atoms with Gasteiger partial charge < -0.3 is 14.9 Å². The monoisotopic (exact) mass is 282 g/mol. The summed E-state index contributed by atoms with van der Waals surface area (Å²) in [6.07, 6.45) is -3.58. The fourth-order valence-corrected chi connectivity index (χ4v) is 1.73. The van der Waals surface area contributed by atoms with E-state index in [1.54, 1.807) is 6.92 Å². The first-order chi connectivity index (χ1) is 8.74. The lowest BCUT2D eigenvalue weighted by Crippen LogP contribution is -2.48. The number of amides is 2. The van der Waals surface area contributed by atoms with E-state index in [0.717, 1.165) is 9.80 Å². The zero-order valence-corrected chi connectivity index (χ0v) is 10.6. The summed E-state index contributed by atoms with van der Waals surface area (Å²) in [4.78, 5) is 24.4. The molecule has 1 saturated carbocycles. The van der Waals surface area contributed by atoms with Gasteiger partial charge in [0.25, 0.3) is 0 Å². The van der Waals surface area contributed by atoms with Gasteiger partial charge in [0.2, 0.25) is 0 Å². The summed E-state index contributed by atoms with van der Waals surface area (Å²) in [6, 6.07) is -1.10. The van der Waals surface area contributed by atoms with Gasteiger partial charge in [-0.25, -0.2) is 4.79 Å². The van der Waals surface area contributed by atoms with Crippen LogP contribution < -0.4 is 0 Å². The largest absolute Gasteiger partial charge is 0.481 e. The molecule has 1 aliphatic rings. The van der Waals surface area contributed by atoms with Gasteiger partial charge in [-0.15, -0.1) is 0 Å². The van der Waals surface area contributed by atoms with Gasteiger partial charge in [0.1, 0.15) is 6.54 Å². The number of rotatable bonds is 6. The number of halogens is 3. The fourth-order valence-electron chi connectivity index (χ4n) is 1.73. The minimum atomic E-state index is -4.44. The zero-order valence-electron chi connectivity index (χ0n) is 10.6. The van der Waals surface area contributed by atoms with Crippen molar-refractivity contribution in [3.8, 4) is 0 Å². The van der Waals surface area contributed by atoms with Gasteiger partial charge in [0, 0.05) is 19.1 Å². The van der Waals surface area contributed by atoms with Crippen molar-refractivity contribution in [3.05, 3.63) is 0 Å². The van der Waals surface area contributed by atoms with Crippen LogP contribution in [0.1, 0.15) is 26.2 Å². The van der Waals surface area contributed by atoms with Crippen molar-refractivity contribution in [2.75, 3.05) is 19.6 Å². The Morgan fingerprint density at radius 1 is 1.32 bits per heavy atom. The molecule has 1 fully saturated rings. The number of hydrogen-bond donors (Lipinski definition) is 1. The third-order valence-electron chi connectivity index (χ3n) is 2.83. The number of carbonyl (C=O) groups is 2. The highest BCUT2D eigenvalue weighted by molar-refractivity contribution is 5.76. The third-order valence-corrected chi connectivity index (χ3v) is 2.83. The number of nitrogens with zero attached hydrogens (tertiary/aromatic N) is 2. The Morgan fingerprint density at radius 2 is 1.89 bits per heavy atom. The molecule has 0 spiro atoms. The second-order valence-corrected chi connectivity index (χ2v) is 4.48. The number of carbonyl (C=O) groups excluding carboxylic acids is 1. The number of hydrogen-bond acceptors (Lipinski definition) is 2. The molecule has 2 amide bonds. The topological polar surface area (TPSA) is 60.9 Å². The van der Waals surface area contributed by atoms with E-state index in [2.05, 4.69) is 0 Å². The van der Waals surface area contributed by atoms with Crippen molar-refractivity contribution in [1.29, 1.82) is 0 Å². The van der Waals surface area contributed by atoms with Crippen LogP contribution in [0.25, 0.3) is 0 Å². The van der Waals surface area contributed by atoms with Gasteiger partial charge in [-0.2, -0.15) is 13.2 Å². The number of aliphatic carboxylic acids is 1. The number of urea groups is 1. The van der Waals surface area contributed by atoms with Gasteiger partial charge in [-0.1, -0.05) is 0 Å². The Labute approximate surface area is 109 Å². The predicted molar refractivity (Wildman–Crippen MR) is 60.7 cm³/mol. The lowest BCUT2D eigenvalue weighted by molar-refractivity contribution is -0.142. The Kier molecular flexibility index (Phi) is 5.02. The van der Waals surface area contributed by atoms with Crippen molar-refractivity contribution in [1.82, 2.24) is 9.80 Å². The molecule has 0 heterocycles. The maximum Gasteiger partial charge on any atom is 0.406 e. The third kappa shape index (κ3) is 5.35. The van der Waals surface area contributed by atoms with Crippen molar-refractivity contribution >= 4 is 12.0 Å². The van der Waals surface area contributed by atoms with Crippen LogP contribution in [-0.2, 0) is 4.79 Å². The molecular formula is C11H17F3N2O3. The van der Waals surface area contributed by atoms with E-state index in [9.17, 15) is 22.8 Å². The molecule has 8 heteroatoms. The molecule has 1 aliphatic carbocycles. The van der Waals surface area contributed by atoms with Gasteiger partial charge >= 0.3 is 18.2 Å². The number of alkyl halides is 3. The molecule has 0 aromatic carbocycles. The summed E-state index contributed by atoms with van der Waals surface area (Å²) in [5, 5.41) is 8.55. The van der Waals surface area contributed by atoms with Crippen molar-refractivity contribution in [3.63, 3.8) is 0 Å². The van der Waals surface area contributed by atoms with Crippen LogP contribution in [0.4, 0.5) is 18.0 Å². The summed E-state index contributed by atoms with van der Waals surface area (Å²) in [5.74, 6) is -1.08. The van der Waals surface area contributed by atoms with E-state index in [4.69, 9.17) is 5.11 Å². The van der Waals surface area contributed by atoms with E-state index < -0.39 is 24.7 Å². The van der Waals surface area contributed by atoms with Crippen molar-refractivity contribution in [2.24, 2.45) is 0 Å². The molecule has 0 unspecified atom stereocenters. The van der Waals surface area contributed by atoms with E-state index in [1.165, 1.54) is 0 Å². The second-order valence-electron chi connectivity index (χ2n) is 4.48. The van der Waals surface area contributed by atoms with E-state index >= 15 is 0 Å². The van der Waals surface area contributed by atoms with Crippen LogP contribution in [0, 0.1) is 0 Å². The number of carboxylic acid groups (broad SMARTS) is 1. The predicted octanol–water partition coefficient (Wildman–Crippen LogP) is 1.93. The molecule has 5 nitrogen and oxygen atoms in total. The first-order valence-corrected chi connectivity index (χ1v) is 6.08. The lowest BCUT2D eigenvalue weighted by Gasteiger charge is -2.30. The molecule has 0 radical (unpaired) electrons. The minimum Gasteiger partial charge on any atom is -0.481 e. The summed E-state index contributed by atoms with van der Waals surface area (Å²) >= 11 is 0. The lowest BCUT2D eigenvalue weighted by atomic mass is 10.3. The summed E-state index contributed by atoms with van der Waals surface area (Å²) in [6.45, 7) is 0.442. The van der Waals surface area contributed by atoms with Gasteiger partial charge in [-0.05, 0) is 19.8 Å². The average Bonchev–Trinajstić information content (AvgIpc) is 3.08. The highest BCUT2D eigenvalue weighted by Gasteiger charge is 2.41. The van der Waals surface area contributed by atoms with Crippen LogP contribution in [0.2, 0.25) is 0 Å². The maximum atomic E-state index is 12.4. The summed E-state index contributed by atoms with van der Waals surface area (Å²) in [5.41, 5.74) is 0. The SMILES string of the molecule is CCN(CCC(=O)O)C(=O)N(CC(F)(F)F)C1CC1. The molecular weight excluding hydrogens is 265 g/mol. The Balaban J connectivity index is 2.65. The van der Waals surface area contributed by atoms with Crippen molar-refractivity contribution in [2.45, 2.75) is 38.4 Å². The maximum absolute atomic E-state index is 12.4. The summed E-state index contributed by atoms with van der Waals surface area (Å²) < 4.78 is 37.3. The molecule has 0 bridgehead atoms. The molecule has 110 valence electrons. The van der Waals surface area contributed by atoms with Crippen LogP contribution >= 0.6 is 0 Å². The second kappa shape index (κ2) is 6.12. The standard InChI is InChI=1S/C11H17F3N2O3/c1-2-15(6-5-9(17)18)10(19)16(8-3-4-8)7-11(12,13)14/h8H,2-7H2,1H3,(H,17,18). The smallest absolute Gasteiger partial charge is 0.406 e. The molecule has 0 saturated heterocycles. The Hall–Kier alpha value is -1.47. The fraction of sp³-hybridized carbons (Fsp3) is 0.818. The van der Waals surface area contributed by atoms with Crippen LogP contribution in [0.15, 0.2) is 0 Å². The highest BCUT2D eigenvalue weighted by Crippen LogP contribution is 2.31. The van der Waals surface area contributed by atoms with Gasteiger partial charge in [-0.3, -0.25) is 4.79 Å². The van der Waals surface area contributed by atoms with E-state index in [-0.39, 0.29) is 25.6 Å². The van der Waals surface area contributed by atoms with E-state index in [0.29, 0.717) is 12.8 Å². The first-order valence-electron chi connectivity index (χ1n) is 6.08. The van der Waals surface area contributed by atoms with Crippen molar-refractivity contribution < 1.29 is 27.9 Å². The molecule has 19 heavy (non-hydrogen) atoms. The zero-order chi connectivity index (χ0) is 14.6. The van der Waals surface area contributed by atoms with Crippen LogP contribution in [0.5, 0.6) is 0 Å². The first kappa shape index (κ1) is 15.6. The average molecular weight is 282 g/mol. The van der Waals surface area contributed by atoms with Gasteiger partial charge in [0.05, 0.1) is 6.42 Å². The van der Waals surface area contributed by atoms with Gasteiger partial charge in [0.15, 0.2) is 0 Å². The number of carboxylic acids is 1. The van der Waals surface area contributed by atoms with Crippen LogP contribution in [0.3, 0.4) is 0 Å². The quantitative estimate of drug-likeness (QED) is 0.809. The van der Waals surface area contributed by atoms with Crippen LogP contribution in [-0.4, -0.2) is 58.8 Å². The molecule has 0 aromatic rings. The Bertz CT molecular complexity index is 343. The van der Waals surface area contributed by atoms with E-state index in [1.807, 2.05) is 0 Å². The molecule has 0 aliphatic heterocycles. The Morgan fingerprint density at radius 3 is 2.26 bits per heavy atom. The molecule has 1 N–H and O–H groups in total. The summed E-state index contributed by atoms with van der Waals surface area (Å²) in [7, 11) is 0. The molecule has 1 rings (SSSR count).